The Balaban J connectivity index is 3.30. The fourth-order valence-corrected chi connectivity index (χ4v) is 0.118. The Kier molecular flexibility index (Phi) is 2.70. The largest absolute Gasteiger partial charge is 0.119 e. The highest BCUT2D eigenvalue weighted by Gasteiger charge is 1.81. The molecule has 1 heteroatoms. The van der Waals surface area contributed by atoms with Crippen LogP contribution in [0.2, 0.25) is 0 Å². The molecule has 0 amide bonds. The molecule has 0 aliphatic heterocycles. The third kappa shape index (κ3) is 1.92. The smallest absolute Gasteiger partial charge is 0.0454 e. The van der Waals surface area contributed by atoms with Gasteiger partial charge in [0.2, 0.25) is 0 Å². The third-order valence-electron chi connectivity index (χ3n) is 0.467. The molecule has 0 radical (unpaired) electrons. The molecule has 0 aromatic carbocycles. The van der Waals surface area contributed by atoms with E-state index in [-0.39, 0.29) is 5.92 Å². The van der Waals surface area contributed by atoms with E-state index < -0.39 is 0 Å². The van der Waals surface area contributed by atoms with Crippen molar-refractivity contribution in [1.29, 1.82) is 0 Å². The lowest BCUT2D eigenvalue weighted by Crippen LogP contribution is -1.84. The van der Waals surface area contributed by atoms with E-state index in [0.29, 0.717) is 0 Å². The van der Waals surface area contributed by atoms with Gasteiger partial charge in [0.15, 0.2) is 0 Å². The Labute approximate surface area is 43.6 Å². The Bertz CT molecular complexity index is 78.4. The van der Waals surface area contributed by atoms with Crippen molar-refractivity contribution in [3.63, 3.8) is 0 Å². The molecule has 1 atom stereocenters. The molecule has 32 valence electrons. The van der Waals surface area contributed by atoms with Crippen molar-refractivity contribution in [3.05, 3.63) is 0 Å². The topological polar surface area (TPSA) is 0 Å². The molecule has 0 aliphatic carbocycles. The van der Waals surface area contributed by atoms with Crippen molar-refractivity contribution in [3.8, 4) is 12.3 Å². The number of thiocarbonyl (C=S) groups is 1. The van der Waals surface area contributed by atoms with Crippen molar-refractivity contribution in [2.24, 2.45) is 5.92 Å². The molecule has 0 aliphatic rings. The molecule has 0 aromatic rings. The maximum atomic E-state index is 4.93. The zero-order chi connectivity index (χ0) is 4.99. The maximum absolute atomic E-state index is 4.93. The summed E-state index contributed by atoms with van der Waals surface area (Å²) in [5.74, 6) is 2.61. The number of terminal acetylenes is 1. The lowest BCUT2D eigenvalue weighted by atomic mass is 10.2. The Morgan fingerprint density at radius 1 is 2.00 bits per heavy atom. The van der Waals surface area contributed by atoms with Gasteiger partial charge in [-0.3, -0.25) is 0 Å². The Hall–Kier alpha value is -0.350. The molecule has 0 saturated carbocycles. The highest BCUT2D eigenvalue weighted by Crippen LogP contribution is 1.82. The summed E-state index contributed by atoms with van der Waals surface area (Å²) in [5.41, 5.74) is 0. The predicted molar refractivity (Wildman–Crippen MR) is 31.7 cm³/mol. The number of hydrogen-bond acceptors (Lipinski definition) is 1. The predicted octanol–water partition coefficient (Wildman–Crippen LogP) is 1.26. The molecule has 0 nitrogen and oxygen atoms in total. The summed E-state index contributed by atoms with van der Waals surface area (Å²) in [6, 6.07) is 0. The van der Waals surface area contributed by atoms with Crippen LogP contribution in [-0.2, 0) is 0 Å². The molecule has 0 fully saturated rings. The van der Waals surface area contributed by atoms with Gasteiger partial charge in [-0.05, 0) is 12.3 Å². The molecular formula is C5H6S. The van der Waals surface area contributed by atoms with Crippen LogP contribution in [0, 0.1) is 18.3 Å². The van der Waals surface area contributed by atoms with Gasteiger partial charge >= 0.3 is 0 Å². The highest BCUT2D eigenvalue weighted by atomic mass is 32.1. The SMILES string of the molecule is C#CC(C)C=S. The van der Waals surface area contributed by atoms with Crippen LogP contribution in [-0.4, -0.2) is 5.37 Å². The maximum Gasteiger partial charge on any atom is 0.0454 e. The fraction of sp³-hybridized carbons (Fsp3) is 0.400. The van der Waals surface area contributed by atoms with Crippen LogP contribution in [0.5, 0.6) is 0 Å². The van der Waals surface area contributed by atoms with E-state index in [1.54, 1.807) is 5.37 Å². The van der Waals surface area contributed by atoms with Gasteiger partial charge in [-0.25, -0.2) is 0 Å². The van der Waals surface area contributed by atoms with Gasteiger partial charge in [0.1, 0.15) is 0 Å². The van der Waals surface area contributed by atoms with Crippen molar-refractivity contribution in [1.82, 2.24) is 0 Å². The van der Waals surface area contributed by atoms with Gasteiger partial charge in [-0.1, -0.05) is 18.1 Å². The minimum atomic E-state index is 0.153. The molecule has 0 heterocycles. The van der Waals surface area contributed by atoms with Crippen LogP contribution in [0.3, 0.4) is 0 Å². The molecule has 1 unspecified atom stereocenters. The second-order valence-electron chi connectivity index (χ2n) is 1.09. The quantitative estimate of drug-likeness (QED) is 0.351. The van der Waals surface area contributed by atoms with Gasteiger partial charge in [-0.2, -0.15) is 0 Å². The Morgan fingerprint density at radius 2 is 2.50 bits per heavy atom. The van der Waals surface area contributed by atoms with Crippen molar-refractivity contribution in [2.75, 3.05) is 0 Å². The van der Waals surface area contributed by atoms with Crippen LogP contribution < -0.4 is 0 Å². The lowest BCUT2D eigenvalue weighted by molar-refractivity contribution is 1.09. The van der Waals surface area contributed by atoms with E-state index in [1.807, 2.05) is 6.92 Å². The van der Waals surface area contributed by atoms with E-state index in [1.165, 1.54) is 0 Å². The normalized spacial score (nSPS) is 12.0. The monoisotopic (exact) mass is 98.0 g/mol. The standard InChI is InChI=1S/C5H6S/c1-3-5(2)4-6/h1,4-5H,2H3. The van der Waals surface area contributed by atoms with Gasteiger partial charge in [0, 0.05) is 5.92 Å². The highest BCUT2D eigenvalue weighted by molar-refractivity contribution is 7.79. The third-order valence-corrected chi connectivity index (χ3v) is 0.875. The van der Waals surface area contributed by atoms with E-state index in [0.717, 1.165) is 0 Å². The first-order chi connectivity index (χ1) is 2.81. The summed E-state index contributed by atoms with van der Waals surface area (Å²) in [5, 5.41) is 1.57. The molecular weight excluding hydrogens is 92.1 g/mol. The minimum absolute atomic E-state index is 0.153. The van der Waals surface area contributed by atoms with Gasteiger partial charge in [0.25, 0.3) is 0 Å². The van der Waals surface area contributed by atoms with E-state index in [4.69, 9.17) is 6.42 Å². The fourth-order valence-electron chi connectivity index (χ4n) is 0.0393. The van der Waals surface area contributed by atoms with Crippen LogP contribution in [0.1, 0.15) is 6.92 Å². The molecule has 0 N–H and O–H groups in total. The Morgan fingerprint density at radius 3 is 2.50 bits per heavy atom. The summed E-state index contributed by atoms with van der Waals surface area (Å²) < 4.78 is 0. The lowest BCUT2D eigenvalue weighted by Gasteiger charge is -1.82. The average molecular weight is 98.2 g/mol. The summed E-state index contributed by atoms with van der Waals surface area (Å²) in [6.45, 7) is 1.88. The second-order valence-corrected chi connectivity index (χ2v) is 1.36. The molecule has 6 heavy (non-hydrogen) atoms. The van der Waals surface area contributed by atoms with Gasteiger partial charge in [0.05, 0.1) is 0 Å². The number of rotatable bonds is 1. The van der Waals surface area contributed by atoms with Crippen LogP contribution >= 0.6 is 12.2 Å². The minimum Gasteiger partial charge on any atom is -0.119 e. The van der Waals surface area contributed by atoms with E-state index in [9.17, 15) is 0 Å². The molecule has 0 spiro atoms. The van der Waals surface area contributed by atoms with Crippen molar-refractivity contribution >= 4 is 17.6 Å². The molecule has 0 aromatic heterocycles. The van der Waals surface area contributed by atoms with Crippen molar-refractivity contribution in [2.45, 2.75) is 6.92 Å². The van der Waals surface area contributed by atoms with Gasteiger partial charge < -0.3 is 0 Å². The first-order valence-electron chi connectivity index (χ1n) is 1.72. The molecule has 0 saturated heterocycles. The van der Waals surface area contributed by atoms with Gasteiger partial charge in [-0.15, -0.1) is 6.42 Å². The first kappa shape index (κ1) is 5.65. The summed E-state index contributed by atoms with van der Waals surface area (Å²) in [6.07, 6.45) is 4.93. The molecule has 0 bridgehead atoms. The zero-order valence-electron chi connectivity index (χ0n) is 3.64. The van der Waals surface area contributed by atoms with Crippen LogP contribution in [0.15, 0.2) is 0 Å². The summed E-state index contributed by atoms with van der Waals surface area (Å²) in [4.78, 5) is 0. The zero-order valence-corrected chi connectivity index (χ0v) is 4.46. The number of hydrogen-bond donors (Lipinski definition) is 0. The van der Waals surface area contributed by atoms with Crippen LogP contribution in [0.4, 0.5) is 0 Å². The second kappa shape index (κ2) is 2.87. The van der Waals surface area contributed by atoms with E-state index >= 15 is 0 Å². The average Bonchev–Trinajstić information content (AvgIpc) is 1.65. The summed E-state index contributed by atoms with van der Waals surface area (Å²) in [7, 11) is 0. The first-order valence-corrected chi connectivity index (χ1v) is 2.20. The van der Waals surface area contributed by atoms with E-state index in [2.05, 4.69) is 18.1 Å². The summed E-state index contributed by atoms with van der Waals surface area (Å²) >= 11 is 4.51. The van der Waals surface area contributed by atoms with Crippen LogP contribution in [0.25, 0.3) is 0 Å². The van der Waals surface area contributed by atoms with Crippen molar-refractivity contribution < 1.29 is 0 Å². The molecule has 0 rings (SSSR count).